The molecular weight excluding hydrogens is 268 g/mol. The SMILES string of the molecule is COC1CCCCCC1NC(=O)NC1CCCCC1OC. The lowest BCUT2D eigenvalue weighted by molar-refractivity contribution is 0.0430. The van der Waals surface area contributed by atoms with Crippen LogP contribution >= 0.6 is 0 Å². The van der Waals surface area contributed by atoms with Crippen molar-refractivity contribution in [2.75, 3.05) is 14.2 Å². The van der Waals surface area contributed by atoms with Crippen LogP contribution in [0.4, 0.5) is 4.79 Å². The quantitative estimate of drug-likeness (QED) is 0.784. The Labute approximate surface area is 128 Å². The first-order chi connectivity index (χ1) is 10.2. The van der Waals surface area contributed by atoms with E-state index < -0.39 is 0 Å². The highest BCUT2D eigenvalue weighted by Gasteiger charge is 2.29. The van der Waals surface area contributed by atoms with E-state index in [4.69, 9.17) is 9.47 Å². The van der Waals surface area contributed by atoms with Gasteiger partial charge in [0.25, 0.3) is 0 Å². The molecule has 5 heteroatoms. The molecule has 0 aromatic rings. The van der Waals surface area contributed by atoms with Crippen LogP contribution < -0.4 is 10.6 Å². The van der Waals surface area contributed by atoms with E-state index in [-0.39, 0.29) is 30.3 Å². The summed E-state index contributed by atoms with van der Waals surface area (Å²) in [5.74, 6) is 0. The molecule has 0 aromatic carbocycles. The van der Waals surface area contributed by atoms with Crippen molar-refractivity contribution in [3.05, 3.63) is 0 Å². The average molecular weight is 298 g/mol. The number of carbonyl (C=O) groups excluding carboxylic acids is 1. The van der Waals surface area contributed by atoms with E-state index in [1.807, 2.05) is 0 Å². The fraction of sp³-hybridized carbons (Fsp3) is 0.938. The third-order valence-corrected chi connectivity index (χ3v) is 4.89. The van der Waals surface area contributed by atoms with Gasteiger partial charge in [-0.2, -0.15) is 0 Å². The minimum atomic E-state index is -0.0714. The van der Waals surface area contributed by atoms with Gasteiger partial charge in [0.1, 0.15) is 0 Å². The van der Waals surface area contributed by atoms with E-state index in [0.29, 0.717) is 0 Å². The van der Waals surface area contributed by atoms with Gasteiger partial charge in [-0.1, -0.05) is 32.1 Å². The summed E-state index contributed by atoms with van der Waals surface area (Å²) < 4.78 is 11.0. The van der Waals surface area contributed by atoms with Gasteiger partial charge in [0, 0.05) is 14.2 Å². The van der Waals surface area contributed by atoms with Crippen molar-refractivity contribution in [1.29, 1.82) is 0 Å². The van der Waals surface area contributed by atoms with Gasteiger partial charge in [0.15, 0.2) is 0 Å². The van der Waals surface area contributed by atoms with Crippen LogP contribution in [0, 0.1) is 0 Å². The van der Waals surface area contributed by atoms with Gasteiger partial charge < -0.3 is 20.1 Å². The van der Waals surface area contributed by atoms with Crippen LogP contribution in [0.5, 0.6) is 0 Å². The largest absolute Gasteiger partial charge is 0.379 e. The van der Waals surface area contributed by atoms with E-state index in [9.17, 15) is 4.79 Å². The molecule has 2 aliphatic carbocycles. The second-order valence-corrected chi connectivity index (χ2v) is 6.30. The molecule has 21 heavy (non-hydrogen) atoms. The first-order valence-electron chi connectivity index (χ1n) is 8.37. The van der Waals surface area contributed by atoms with Crippen LogP contribution in [-0.4, -0.2) is 44.5 Å². The van der Waals surface area contributed by atoms with Gasteiger partial charge in [0.05, 0.1) is 24.3 Å². The molecule has 2 N–H and O–H groups in total. The summed E-state index contributed by atoms with van der Waals surface area (Å²) in [6, 6.07) is 0.190. The number of methoxy groups -OCH3 is 2. The van der Waals surface area contributed by atoms with E-state index in [1.54, 1.807) is 14.2 Å². The number of amides is 2. The molecule has 2 amide bonds. The number of nitrogens with one attached hydrogen (secondary N) is 2. The summed E-state index contributed by atoms with van der Waals surface area (Å²) >= 11 is 0. The molecule has 0 saturated heterocycles. The maximum absolute atomic E-state index is 12.3. The molecule has 0 radical (unpaired) electrons. The highest BCUT2D eigenvalue weighted by molar-refractivity contribution is 5.74. The summed E-state index contributed by atoms with van der Waals surface area (Å²) in [4.78, 5) is 12.3. The highest BCUT2D eigenvalue weighted by atomic mass is 16.5. The first-order valence-corrected chi connectivity index (χ1v) is 8.37. The molecule has 0 bridgehead atoms. The van der Waals surface area contributed by atoms with Crippen molar-refractivity contribution < 1.29 is 14.3 Å². The molecular formula is C16H30N2O3. The summed E-state index contributed by atoms with van der Waals surface area (Å²) in [6.07, 6.45) is 10.3. The zero-order valence-corrected chi connectivity index (χ0v) is 13.4. The minimum absolute atomic E-state index is 0.0714. The number of urea groups is 1. The zero-order valence-electron chi connectivity index (χ0n) is 13.4. The normalized spacial score (nSPS) is 34.0. The fourth-order valence-electron chi connectivity index (χ4n) is 3.64. The number of hydrogen-bond donors (Lipinski definition) is 2. The van der Waals surface area contributed by atoms with Crippen LogP contribution in [0.1, 0.15) is 57.8 Å². The van der Waals surface area contributed by atoms with Gasteiger partial charge in [0.2, 0.25) is 0 Å². The Kier molecular flexibility index (Phi) is 6.77. The number of ether oxygens (including phenoxy) is 2. The van der Waals surface area contributed by atoms with Crippen molar-refractivity contribution in [2.24, 2.45) is 0 Å². The van der Waals surface area contributed by atoms with Gasteiger partial charge in [-0.15, -0.1) is 0 Å². The highest BCUT2D eigenvalue weighted by Crippen LogP contribution is 2.22. The third kappa shape index (κ3) is 4.85. The molecule has 5 nitrogen and oxygen atoms in total. The summed E-state index contributed by atoms with van der Waals surface area (Å²) in [5.41, 5.74) is 0. The first kappa shape index (κ1) is 16.6. The Hall–Kier alpha value is -0.810. The topological polar surface area (TPSA) is 59.6 Å². The molecule has 0 spiro atoms. The van der Waals surface area contributed by atoms with E-state index in [0.717, 1.165) is 38.5 Å². The molecule has 2 fully saturated rings. The maximum atomic E-state index is 12.3. The Morgan fingerprint density at radius 1 is 0.762 bits per heavy atom. The molecule has 4 atom stereocenters. The molecule has 122 valence electrons. The molecule has 0 aliphatic heterocycles. The molecule has 0 aromatic heterocycles. The van der Waals surface area contributed by atoms with Crippen molar-refractivity contribution >= 4 is 6.03 Å². The van der Waals surface area contributed by atoms with Gasteiger partial charge >= 0.3 is 6.03 Å². The van der Waals surface area contributed by atoms with Crippen molar-refractivity contribution in [2.45, 2.75) is 82.1 Å². The van der Waals surface area contributed by atoms with E-state index in [2.05, 4.69) is 10.6 Å². The number of hydrogen-bond acceptors (Lipinski definition) is 3. The van der Waals surface area contributed by atoms with Crippen LogP contribution in [0.25, 0.3) is 0 Å². The summed E-state index contributed by atoms with van der Waals surface area (Å²) in [5, 5.41) is 6.22. The zero-order chi connectivity index (χ0) is 15.1. The molecule has 2 saturated carbocycles. The van der Waals surface area contributed by atoms with E-state index in [1.165, 1.54) is 19.3 Å². The number of rotatable bonds is 4. The Balaban J connectivity index is 1.84. The lowest BCUT2D eigenvalue weighted by atomic mass is 9.92. The third-order valence-electron chi connectivity index (χ3n) is 4.89. The second kappa shape index (κ2) is 8.59. The Morgan fingerprint density at radius 3 is 1.71 bits per heavy atom. The predicted octanol–water partition coefficient (Wildman–Crippen LogP) is 2.59. The van der Waals surface area contributed by atoms with Crippen molar-refractivity contribution in [3.63, 3.8) is 0 Å². The molecule has 4 unspecified atom stereocenters. The molecule has 2 rings (SSSR count). The fourth-order valence-corrected chi connectivity index (χ4v) is 3.64. The number of carbonyl (C=O) groups is 1. The minimum Gasteiger partial charge on any atom is -0.379 e. The van der Waals surface area contributed by atoms with Crippen LogP contribution in [-0.2, 0) is 9.47 Å². The lowest BCUT2D eigenvalue weighted by Gasteiger charge is -2.32. The Morgan fingerprint density at radius 2 is 1.19 bits per heavy atom. The van der Waals surface area contributed by atoms with Crippen LogP contribution in [0.15, 0.2) is 0 Å². The van der Waals surface area contributed by atoms with Crippen molar-refractivity contribution in [1.82, 2.24) is 10.6 Å². The summed E-state index contributed by atoms with van der Waals surface area (Å²) in [7, 11) is 3.47. The summed E-state index contributed by atoms with van der Waals surface area (Å²) in [6.45, 7) is 0. The maximum Gasteiger partial charge on any atom is 0.315 e. The van der Waals surface area contributed by atoms with Gasteiger partial charge in [-0.3, -0.25) is 0 Å². The predicted molar refractivity (Wildman–Crippen MR) is 82.4 cm³/mol. The second-order valence-electron chi connectivity index (χ2n) is 6.30. The standard InChI is InChI=1S/C16H30N2O3/c1-20-14-10-5-3-4-8-12(14)17-16(19)18-13-9-6-7-11-15(13)21-2/h12-15H,3-11H2,1-2H3,(H2,17,18,19). The van der Waals surface area contributed by atoms with Crippen LogP contribution in [0.3, 0.4) is 0 Å². The lowest BCUT2D eigenvalue weighted by Crippen LogP contribution is -2.53. The van der Waals surface area contributed by atoms with Crippen molar-refractivity contribution in [3.8, 4) is 0 Å². The van der Waals surface area contributed by atoms with Gasteiger partial charge in [-0.05, 0) is 25.7 Å². The monoisotopic (exact) mass is 298 g/mol. The van der Waals surface area contributed by atoms with E-state index >= 15 is 0 Å². The molecule has 2 aliphatic rings. The smallest absolute Gasteiger partial charge is 0.315 e. The van der Waals surface area contributed by atoms with Crippen LogP contribution in [0.2, 0.25) is 0 Å². The average Bonchev–Trinajstić information content (AvgIpc) is 2.72. The Bertz CT molecular complexity index is 325. The molecule has 0 heterocycles. The van der Waals surface area contributed by atoms with Gasteiger partial charge in [-0.25, -0.2) is 4.79 Å².